The minimum absolute atomic E-state index is 0.366. The average molecular weight is 221 g/mol. The van der Waals surface area contributed by atoms with E-state index in [1.807, 2.05) is 0 Å². The van der Waals surface area contributed by atoms with Gasteiger partial charge in [-0.2, -0.15) is 0 Å². The summed E-state index contributed by atoms with van der Waals surface area (Å²) in [5.41, 5.74) is 4.04. The zero-order valence-corrected chi connectivity index (χ0v) is 11.0. The molecular weight excluding hydrogens is 198 g/mol. The SMILES string of the molecule is COCC(C)NC(C)c1ccc(C)cc1C. The van der Waals surface area contributed by atoms with Gasteiger partial charge in [-0.1, -0.05) is 23.8 Å². The van der Waals surface area contributed by atoms with E-state index < -0.39 is 0 Å². The van der Waals surface area contributed by atoms with Crippen molar-refractivity contribution in [3.05, 3.63) is 34.9 Å². The second kappa shape index (κ2) is 6.02. The van der Waals surface area contributed by atoms with Gasteiger partial charge in [0.1, 0.15) is 0 Å². The van der Waals surface area contributed by atoms with Crippen LogP contribution in [0.3, 0.4) is 0 Å². The van der Waals surface area contributed by atoms with Gasteiger partial charge in [0, 0.05) is 19.2 Å². The summed E-state index contributed by atoms with van der Waals surface area (Å²) in [6, 6.07) is 7.35. The summed E-state index contributed by atoms with van der Waals surface area (Å²) >= 11 is 0. The lowest BCUT2D eigenvalue weighted by Crippen LogP contribution is -2.32. The van der Waals surface area contributed by atoms with Crippen molar-refractivity contribution in [1.29, 1.82) is 0 Å². The van der Waals surface area contributed by atoms with Crippen molar-refractivity contribution in [2.75, 3.05) is 13.7 Å². The fourth-order valence-corrected chi connectivity index (χ4v) is 2.13. The molecule has 1 aromatic rings. The van der Waals surface area contributed by atoms with Crippen LogP contribution in [0.25, 0.3) is 0 Å². The fraction of sp³-hybridized carbons (Fsp3) is 0.571. The summed E-state index contributed by atoms with van der Waals surface area (Å²) in [6.45, 7) is 9.38. The molecule has 0 spiro atoms. The van der Waals surface area contributed by atoms with Crippen LogP contribution in [0.2, 0.25) is 0 Å². The second-order valence-electron chi connectivity index (χ2n) is 4.60. The average Bonchev–Trinajstić information content (AvgIpc) is 2.17. The largest absolute Gasteiger partial charge is 0.383 e. The highest BCUT2D eigenvalue weighted by Crippen LogP contribution is 2.18. The van der Waals surface area contributed by atoms with Gasteiger partial charge in [-0.15, -0.1) is 0 Å². The summed E-state index contributed by atoms with van der Waals surface area (Å²) in [7, 11) is 1.74. The van der Waals surface area contributed by atoms with Gasteiger partial charge in [-0.3, -0.25) is 0 Å². The Morgan fingerprint density at radius 1 is 1.25 bits per heavy atom. The molecule has 0 aliphatic carbocycles. The molecule has 0 amide bonds. The highest BCUT2D eigenvalue weighted by atomic mass is 16.5. The van der Waals surface area contributed by atoms with Crippen molar-refractivity contribution >= 4 is 0 Å². The van der Waals surface area contributed by atoms with E-state index in [0.29, 0.717) is 12.1 Å². The van der Waals surface area contributed by atoms with E-state index in [0.717, 1.165) is 6.61 Å². The Kier molecular flexibility index (Phi) is 4.97. The first-order chi connectivity index (χ1) is 7.54. The van der Waals surface area contributed by atoms with Crippen LogP contribution in [0.4, 0.5) is 0 Å². The van der Waals surface area contributed by atoms with Gasteiger partial charge in [0.2, 0.25) is 0 Å². The van der Waals surface area contributed by atoms with Crippen LogP contribution in [0.1, 0.15) is 36.6 Å². The molecule has 0 bridgehead atoms. The van der Waals surface area contributed by atoms with Crippen molar-refractivity contribution in [2.45, 2.75) is 39.8 Å². The molecule has 0 saturated carbocycles. The van der Waals surface area contributed by atoms with Gasteiger partial charge in [-0.25, -0.2) is 0 Å². The van der Waals surface area contributed by atoms with E-state index in [1.165, 1.54) is 16.7 Å². The second-order valence-corrected chi connectivity index (χ2v) is 4.60. The van der Waals surface area contributed by atoms with Crippen LogP contribution < -0.4 is 5.32 Å². The van der Waals surface area contributed by atoms with Crippen molar-refractivity contribution < 1.29 is 4.74 Å². The highest BCUT2D eigenvalue weighted by Gasteiger charge is 2.11. The first-order valence-electron chi connectivity index (χ1n) is 5.86. The Morgan fingerprint density at radius 2 is 1.94 bits per heavy atom. The maximum Gasteiger partial charge on any atom is 0.0613 e. The first-order valence-corrected chi connectivity index (χ1v) is 5.86. The first kappa shape index (κ1) is 13.2. The number of ether oxygens (including phenoxy) is 1. The van der Waals surface area contributed by atoms with Crippen molar-refractivity contribution in [3.8, 4) is 0 Å². The maximum atomic E-state index is 5.13. The zero-order chi connectivity index (χ0) is 12.1. The molecule has 0 aliphatic rings. The Hall–Kier alpha value is -0.860. The van der Waals surface area contributed by atoms with E-state index in [9.17, 15) is 0 Å². The van der Waals surface area contributed by atoms with Gasteiger partial charge in [0.05, 0.1) is 6.61 Å². The van der Waals surface area contributed by atoms with Crippen LogP contribution in [-0.2, 0) is 4.74 Å². The molecule has 2 unspecified atom stereocenters. The number of aryl methyl sites for hydroxylation is 2. The van der Waals surface area contributed by atoms with Gasteiger partial charge in [0.25, 0.3) is 0 Å². The lowest BCUT2D eigenvalue weighted by Gasteiger charge is -2.21. The van der Waals surface area contributed by atoms with Gasteiger partial charge < -0.3 is 10.1 Å². The predicted molar refractivity (Wildman–Crippen MR) is 68.8 cm³/mol. The standard InChI is InChI=1S/C14H23NO/c1-10-6-7-14(11(2)8-10)13(4)15-12(3)9-16-5/h6-8,12-13,15H,9H2,1-5H3. The Bertz CT molecular complexity index is 336. The van der Waals surface area contributed by atoms with Crippen molar-refractivity contribution in [2.24, 2.45) is 0 Å². The third-order valence-corrected chi connectivity index (χ3v) is 2.84. The molecule has 2 atom stereocenters. The Labute approximate surface area is 99.0 Å². The number of hydrogen-bond donors (Lipinski definition) is 1. The molecule has 0 aromatic heterocycles. The van der Waals surface area contributed by atoms with E-state index >= 15 is 0 Å². The van der Waals surface area contributed by atoms with Crippen LogP contribution >= 0.6 is 0 Å². The van der Waals surface area contributed by atoms with Gasteiger partial charge >= 0.3 is 0 Å². The molecule has 0 fully saturated rings. The highest BCUT2D eigenvalue weighted by molar-refractivity contribution is 5.32. The van der Waals surface area contributed by atoms with Crippen LogP contribution in [0, 0.1) is 13.8 Å². The lowest BCUT2D eigenvalue weighted by molar-refractivity contribution is 0.167. The number of benzene rings is 1. The molecule has 2 heteroatoms. The third kappa shape index (κ3) is 3.62. The smallest absolute Gasteiger partial charge is 0.0613 e. The Morgan fingerprint density at radius 3 is 2.50 bits per heavy atom. The summed E-state index contributed by atoms with van der Waals surface area (Å²) < 4.78 is 5.13. The molecule has 1 aromatic carbocycles. The molecule has 2 nitrogen and oxygen atoms in total. The van der Waals surface area contributed by atoms with Gasteiger partial charge in [-0.05, 0) is 38.8 Å². The molecule has 0 heterocycles. The summed E-state index contributed by atoms with van der Waals surface area (Å²) in [5, 5.41) is 3.53. The van der Waals surface area contributed by atoms with Crippen molar-refractivity contribution in [3.63, 3.8) is 0 Å². The summed E-state index contributed by atoms with van der Waals surface area (Å²) in [6.07, 6.45) is 0. The molecule has 0 aliphatic heterocycles. The van der Waals surface area contributed by atoms with Gasteiger partial charge in [0.15, 0.2) is 0 Å². The lowest BCUT2D eigenvalue weighted by atomic mass is 10.00. The Balaban J connectivity index is 2.69. The molecule has 0 saturated heterocycles. The molecule has 1 N–H and O–H groups in total. The molecule has 90 valence electrons. The quantitative estimate of drug-likeness (QED) is 0.825. The maximum absolute atomic E-state index is 5.13. The minimum atomic E-state index is 0.366. The van der Waals surface area contributed by atoms with Crippen LogP contribution in [0.15, 0.2) is 18.2 Å². The molecule has 0 radical (unpaired) electrons. The minimum Gasteiger partial charge on any atom is -0.383 e. The summed E-state index contributed by atoms with van der Waals surface area (Å²) in [5.74, 6) is 0. The van der Waals surface area contributed by atoms with E-state index in [4.69, 9.17) is 4.74 Å². The number of nitrogens with one attached hydrogen (secondary N) is 1. The topological polar surface area (TPSA) is 21.3 Å². The van der Waals surface area contributed by atoms with E-state index in [-0.39, 0.29) is 0 Å². The molecular formula is C14H23NO. The molecule has 1 rings (SSSR count). The van der Waals surface area contributed by atoms with Crippen LogP contribution in [-0.4, -0.2) is 19.8 Å². The number of methoxy groups -OCH3 is 1. The fourth-order valence-electron chi connectivity index (χ4n) is 2.13. The van der Waals surface area contributed by atoms with Crippen LogP contribution in [0.5, 0.6) is 0 Å². The third-order valence-electron chi connectivity index (χ3n) is 2.84. The predicted octanol–water partition coefficient (Wildman–Crippen LogP) is 2.99. The number of rotatable bonds is 5. The van der Waals surface area contributed by atoms with E-state index in [1.54, 1.807) is 7.11 Å². The monoisotopic (exact) mass is 221 g/mol. The normalized spacial score (nSPS) is 14.8. The van der Waals surface area contributed by atoms with E-state index in [2.05, 4.69) is 51.2 Å². The number of hydrogen-bond acceptors (Lipinski definition) is 2. The molecule has 16 heavy (non-hydrogen) atoms. The zero-order valence-electron chi connectivity index (χ0n) is 11.0. The van der Waals surface area contributed by atoms with Crippen molar-refractivity contribution in [1.82, 2.24) is 5.32 Å². The summed E-state index contributed by atoms with van der Waals surface area (Å²) in [4.78, 5) is 0.